The maximum atomic E-state index is 11.9. The van der Waals surface area contributed by atoms with Gasteiger partial charge in [-0.05, 0) is 73.5 Å². The van der Waals surface area contributed by atoms with Gasteiger partial charge in [0.05, 0.1) is 5.56 Å². The van der Waals surface area contributed by atoms with Crippen molar-refractivity contribution in [3.63, 3.8) is 0 Å². The zero-order valence-electron chi connectivity index (χ0n) is 19.6. The molecular weight excluding hydrogens is 382 g/mol. The van der Waals surface area contributed by atoms with Crippen LogP contribution in [0.4, 0.5) is 0 Å². The van der Waals surface area contributed by atoms with E-state index in [2.05, 4.69) is 24.8 Å². The van der Waals surface area contributed by atoms with Crippen molar-refractivity contribution in [2.45, 2.75) is 84.7 Å². The van der Waals surface area contributed by atoms with Crippen LogP contribution in [0.3, 0.4) is 0 Å². The molecule has 0 radical (unpaired) electrons. The summed E-state index contributed by atoms with van der Waals surface area (Å²) in [5.74, 6) is 0.0142. The third-order valence-corrected chi connectivity index (χ3v) is 7.01. The summed E-state index contributed by atoms with van der Waals surface area (Å²) in [7, 11) is 0. The van der Waals surface area contributed by atoms with E-state index in [1.807, 2.05) is 37.3 Å². The number of carboxylic acids is 1. The second-order valence-electron chi connectivity index (χ2n) is 9.40. The molecule has 1 unspecified atom stereocenters. The lowest BCUT2D eigenvalue weighted by Gasteiger charge is -2.32. The van der Waals surface area contributed by atoms with Crippen LogP contribution in [0.1, 0.15) is 86.7 Å². The van der Waals surface area contributed by atoms with E-state index in [-0.39, 0.29) is 0 Å². The van der Waals surface area contributed by atoms with Gasteiger partial charge >= 0.3 is 5.97 Å². The molecule has 2 aromatic carbocycles. The number of aryl methyl sites for hydroxylation is 1. The topological polar surface area (TPSA) is 40.5 Å². The molecule has 1 atom stereocenters. The number of carboxylic acid groups (broad SMARTS) is 1. The molecule has 168 valence electrons. The summed E-state index contributed by atoms with van der Waals surface area (Å²) in [6, 6.07) is 14.5. The standard InChI is InChI=1S/C28H39NO2/c1-4-10-22(3)29(18-17-23-12-6-5-7-13-23)20-24-15-16-26(28(30)31)27(19-24)25-14-9-8-11-21(25)2/h8-9,11,14-16,19,22-23H,4-7,10,12-13,17-18,20H2,1-3H3,(H,30,31). The Labute approximate surface area is 188 Å². The van der Waals surface area contributed by atoms with E-state index >= 15 is 0 Å². The van der Waals surface area contributed by atoms with Gasteiger partial charge in [-0.25, -0.2) is 4.79 Å². The molecule has 1 aliphatic carbocycles. The van der Waals surface area contributed by atoms with Crippen LogP contribution in [0, 0.1) is 12.8 Å². The van der Waals surface area contributed by atoms with E-state index in [0.717, 1.165) is 35.7 Å². The lowest BCUT2D eigenvalue weighted by Crippen LogP contribution is -2.34. The van der Waals surface area contributed by atoms with Crippen molar-refractivity contribution in [1.29, 1.82) is 0 Å². The van der Waals surface area contributed by atoms with Crippen LogP contribution >= 0.6 is 0 Å². The number of hydrogen-bond acceptors (Lipinski definition) is 2. The first kappa shape index (κ1) is 23.5. The van der Waals surface area contributed by atoms with Crippen molar-refractivity contribution in [2.75, 3.05) is 6.54 Å². The Balaban J connectivity index is 1.83. The van der Waals surface area contributed by atoms with Crippen molar-refractivity contribution in [3.8, 4) is 11.1 Å². The highest BCUT2D eigenvalue weighted by Crippen LogP contribution is 2.30. The minimum Gasteiger partial charge on any atom is -0.478 e. The fourth-order valence-electron chi connectivity index (χ4n) is 5.09. The molecule has 0 aromatic heterocycles. The first-order chi connectivity index (χ1) is 15.0. The van der Waals surface area contributed by atoms with E-state index < -0.39 is 5.97 Å². The highest BCUT2D eigenvalue weighted by Gasteiger charge is 2.20. The number of carbonyl (C=O) groups is 1. The molecule has 1 fully saturated rings. The largest absolute Gasteiger partial charge is 0.478 e. The summed E-state index contributed by atoms with van der Waals surface area (Å²) >= 11 is 0. The molecule has 1 saturated carbocycles. The lowest BCUT2D eigenvalue weighted by atomic mass is 9.86. The second kappa shape index (κ2) is 11.5. The van der Waals surface area contributed by atoms with Gasteiger partial charge in [-0.2, -0.15) is 0 Å². The fraction of sp³-hybridized carbons (Fsp3) is 0.536. The summed E-state index contributed by atoms with van der Waals surface area (Å²) in [6.45, 7) is 8.66. The summed E-state index contributed by atoms with van der Waals surface area (Å²) in [4.78, 5) is 14.5. The molecule has 3 nitrogen and oxygen atoms in total. The van der Waals surface area contributed by atoms with Crippen molar-refractivity contribution in [1.82, 2.24) is 4.90 Å². The SMILES string of the molecule is CCCC(C)N(CCC1CCCCC1)Cc1ccc(C(=O)O)c(-c2ccccc2C)c1. The van der Waals surface area contributed by atoms with Crippen LogP contribution in [0.15, 0.2) is 42.5 Å². The Morgan fingerprint density at radius 2 is 1.84 bits per heavy atom. The van der Waals surface area contributed by atoms with Crippen LogP contribution in [-0.4, -0.2) is 28.6 Å². The molecule has 1 aliphatic rings. The van der Waals surface area contributed by atoms with Gasteiger partial charge in [-0.3, -0.25) is 4.90 Å². The minimum atomic E-state index is -0.863. The summed E-state index contributed by atoms with van der Waals surface area (Å²) in [5, 5.41) is 9.77. The average molecular weight is 422 g/mol. The molecule has 0 saturated heterocycles. The second-order valence-corrected chi connectivity index (χ2v) is 9.40. The number of rotatable bonds is 10. The van der Waals surface area contributed by atoms with Crippen LogP contribution in [0.25, 0.3) is 11.1 Å². The Hall–Kier alpha value is -2.13. The van der Waals surface area contributed by atoms with E-state index in [4.69, 9.17) is 0 Å². The molecule has 0 aliphatic heterocycles. The monoisotopic (exact) mass is 421 g/mol. The van der Waals surface area contributed by atoms with Crippen molar-refractivity contribution < 1.29 is 9.90 Å². The number of aromatic carboxylic acids is 1. The molecule has 3 rings (SSSR count). The van der Waals surface area contributed by atoms with Gasteiger partial charge < -0.3 is 5.11 Å². The molecule has 3 heteroatoms. The molecule has 0 spiro atoms. The summed E-state index contributed by atoms with van der Waals surface area (Å²) in [6.07, 6.45) is 10.6. The quantitative estimate of drug-likeness (QED) is 0.437. The molecule has 0 heterocycles. The number of hydrogen-bond donors (Lipinski definition) is 1. The minimum absolute atomic E-state index is 0.383. The smallest absolute Gasteiger partial charge is 0.336 e. The van der Waals surface area contributed by atoms with Gasteiger partial charge in [0.25, 0.3) is 0 Å². The van der Waals surface area contributed by atoms with Gasteiger partial charge in [0, 0.05) is 12.6 Å². The van der Waals surface area contributed by atoms with E-state index in [0.29, 0.717) is 11.6 Å². The highest BCUT2D eigenvalue weighted by molar-refractivity contribution is 5.96. The van der Waals surface area contributed by atoms with Gasteiger partial charge in [-0.15, -0.1) is 0 Å². The maximum Gasteiger partial charge on any atom is 0.336 e. The zero-order chi connectivity index (χ0) is 22.2. The predicted octanol–water partition coefficient (Wildman–Crippen LogP) is 7.32. The molecular formula is C28H39NO2. The number of benzene rings is 2. The summed E-state index contributed by atoms with van der Waals surface area (Å²) in [5.41, 5.74) is 4.54. The van der Waals surface area contributed by atoms with Crippen molar-refractivity contribution >= 4 is 5.97 Å². The number of nitrogens with zero attached hydrogens (tertiary/aromatic N) is 1. The predicted molar refractivity (Wildman–Crippen MR) is 130 cm³/mol. The van der Waals surface area contributed by atoms with Crippen LogP contribution in [0.5, 0.6) is 0 Å². The Kier molecular flexibility index (Phi) is 8.71. The van der Waals surface area contributed by atoms with Gasteiger partial charge in [0.2, 0.25) is 0 Å². The average Bonchev–Trinajstić information content (AvgIpc) is 2.77. The van der Waals surface area contributed by atoms with Crippen LogP contribution in [0.2, 0.25) is 0 Å². The van der Waals surface area contributed by atoms with Gasteiger partial charge in [0.1, 0.15) is 0 Å². The van der Waals surface area contributed by atoms with Crippen molar-refractivity contribution in [3.05, 3.63) is 59.2 Å². The maximum absolute atomic E-state index is 11.9. The van der Waals surface area contributed by atoms with E-state index in [1.54, 1.807) is 6.07 Å². The van der Waals surface area contributed by atoms with E-state index in [9.17, 15) is 9.90 Å². The van der Waals surface area contributed by atoms with Gasteiger partial charge in [-0.1, -0.05) is 75.8 Å². The van der Waals surface area contributed by atoms with Gasteiger partial charge in [0.15, 0.2) is 0 Å². The fourth-order valence-corrected chi connectivity index (χ4v) is 5.09. The molecule has 2 aromatic rings. The Morgan fingerprint density at radius 3 is 2.52 bits per heavy atom. The Morgan fingerprint density at radius 1 is 1.10 bits per heavy atom. The summed E-state index contributed by atoms with van der Waals surface area (Å²) < 4.78 is 0. The Bertz CT molecular complexity index is 854. The molecule has 0 amide bonds. The molecule has 1 N–H and O–H groups in total. The first-order valence-corrected chi connectivity index (χ1v) is 12.2. The van der Waals surface area contributed by atoms with Crippen LogP contribution in [-0.2, 0) is 6.54 Å². The van der Waals surface area contributed by atoms with Crippen LogP contribution < -0.4 is 0 Å². The molecule has 31 heavy (non-hydrogen) atoms. The van der Waals surface area contributed by atoms with E-state index in [1.165, 1.54) is 56.9 Å². The normalized spacial score (nSPS) is 15.9. The third kappa shape index (κ3) is 6.43. The first-order valence-electron chi connectivity index (χ1n) is 12.2. The lowest BCUT2D eigenvalue weighted by molar-refractivity contribution is 0.0697. The third-order valence-electron chi connectivity index (χ3n) is 7.01. The van der Waals surface area contributed by atoms with Crippen molar-refractivity contribution in [2.24, 2.45) is 5.92 Å². The molecule has 0 bridgehead atoms. The zero-order valence-corrected chi connectivity index (χ0v) is 19.6. The highest BCUT2D eigenvalue weighted by atomic mass is 16.4.